The molecule has 1 unspecified atom stereocenters. The molecule has 0 amide bonds. The number of benzene rings is 2. The molecule has 5 nitrogen and oxygen atoms in total. The number of rotatable bonds is 6. The van der Waals surface area contributed by atoms with E-state index in [0.29, 0.717) is 12.4 Å². The average Bonchev–Trinajstić information content (AvgIpc) is 3.00. The van der Waals surface area contributed by atoms with Gasteiger partial charge in [0, 0.05) is 18.3 Å². The largest absolute Gasteiger partial charge is 0.479 e. The molecule has 1 heterocycles. The number of nitrogens with one attached hydrogen (secondary N) is 1. The van der Waals surface area contributed by atoms with Crippen molar-refractivity contribution in [3.8, 4) is 11.4 Å². The van der Waals surface area contributed by atoms with Crippen molar-refractivity contribution in [3.05, 3.63) is 78.1 Å². The highest BCUT2D eigenvalue weighted by Crippen LogP contribution is 2.27. The minimum Gasteiger partial charge on any atom is -0.479 e. The summed E-state index contributed by atoms with van der Waals surface area (Å²) < 4.78 is 1.74. The van der Waals surface area contributed by atoms with Crippen LogP contribution < -0.4 is 5.32 Å². The highest BCUT2D eigenvalue weighted by atomic mass is 35.5. The molecule has 0 fully saturated rings. The summed E-state index contributed by atoms with van der Waals surface area (Å²) in [6, 6.07) is 18.0. The Bertz CT molecular complexity index is 823. The smallest absolute Gasteiger partial charge is 0.331 e. The van der Waals surface area contributed by atoms with E-state index in [1.54, 1.807) is 4.57 Å². The highest BCUT2D eigenvalue weighted by Gasteiger charge is 2.25. The lowest BCUT2D eigenvalue weighted by molar-refractivity contribution is -0.139. The maximum Gasteiger partial charge on any atom is 0.331 e. The van der Waals surface area contributed by atoms with Crippen molar-refractivity contribution >= 4 is 30.8 Å². The normalized spacial score (nSPS) is 11.1. The average molecular weight is 394 g/mol. The van der Waals surface area contributed by atoms with Crippen LogP contribution in [0, 0.1) is 0 Å². The second-order valence-electron chi connectivity index (χ2n) is 5.51. The van der Waals surface area contributed by atoms with Crippen LogP contribution in [0.1, 0.15) is 17.3 Å². The number of carboxylic acid groups (broad SMARTS) is 1. The van der Waals surface area contributed by atoms with Gasteiger partial charge >= 0.3 is 5.97 Å². The van der Waals surface area contributed by atoms with Gasteiger partial charge in [-0.2, -0.15) is 0 Å². The van der Waals surface area contributed by atoms with E-state index in [1.165, 1.54) is 0 Å². The van der Waals surface area contributed by atoms with Crippen molar-refractivity contribution in [2.75, 3.05) is 7.05 Å². The van der Waals surface area contributed by atoms with Crippen LogP contribution in [0.25, 0.3) is 11.4 Å². The van der Waals surface area contributed by atoms with Crippen LogP contribution in [0.2, 0.25) is 0 Å². The SMILES string of the molecule is CNCc1cn(C(C(=O)O)c2ccccc2)c(-c2ccccc2)n1.Cl.Cl. The number of aliphatic carboxylic acids is 1. The third-order valence-corrected chi connectivity index (χ3v) is 3.80. The first-order chi connectivity index (χ1) is 11.7. The molecule has 0 aliphatic heterocycles. The molecular formula is C19H21Cl2N3O2. The van der Waals surface area contributed by atoms with E-state index in [0.717, 1.165) is 16.8 Å². The Morgan fingerprint density at radius 3 is 2.19 bits per heavy atom. The molecule has 3 aromatic rings. The molecule has 1 atom stereocenters. The maximum atomic E-state index is 12.0. The molecular weight excluding hydrogens is 373 g/mol. The fraction of sp³-hybridized carbons (Fsp3) is 0.158. The van der Waals surface area contributed by atoms with Crippen LogP contribution in [-0.2, 0) is 11.3 Å². The predicted octanol–water partition coefficient (Wildman–Crippen LogP) is 3.79. The van der Waals surface area contributed by atoms with Crippen molar-refractivity contribution < 1.29 is 9.90 Å². The quantitative estimate of drug-likeness (QED) is 0.668. The van der Waals surface area contributed by atoms with Gasteiger partial charge in [0.05, 0.1) is 5.69 Å². The van der Waals surface area contributed by atoms with Crippen molar-refractivity contribution in [2.24, 2.45) is 0 Å². The molecule has 26 heavy (non-hydrogen) atoms. The monoisotopic (exact) mass is 393 g/mol. The first-order valence-corrected chi connectivity index (χ1v) is 7.76. The van der Waals surface area contributed by atoms with Crippen LogP contribution in [0.15, 0.2) is 66.9 Å². The lowest BCUT2D eigenvalue weighted by Gasteiger charge is -2.17. The van der Waals surface area contributed by atoms with Gasteiger partial charge in [-0.1, -0.05) is 60.7 Å². The Balaban J connectivity index is 0.00000169. The van der Waals surface area contributed by atoms with Crippen molar-refractivity contribution in [1.29, 1.82) is 0 Å². The lowest BCUT2D eigenvalue weighted by Crippen LogP contribution is -2.20. The number of carbonyl (C=O) groups is 1. The van der Waals surface area contributed by atoms with Crippen LogP contribution >= 0.6 is 24.8 Å². The third-order valence-electron chi connectivity index (χ3n) is 3.80. The van der Waals surface area contributed by atoms with Gasteiger partial charge in [-0.3, -0.25) is 0 Å². The zero-order valence-corrected chi connectivity index (χ0v) is 15.8. The summed E-state index contributed by atoms with van der Waals surface area (Å²) in [7, 11) is 1.84. The first-order valence-electron chi connectivity index (χ1n) is 7.76. The fourth-order valence-electron chi connectivity index (χ4n) is 2.77. The van der Waals surface area contributed by atoms with E-state index in [4.69, 9.17) is 0 Å². The van der Waals surface area contributed by atoms with Gasteiger partial charge in [0.15, 0.2) is 6.04 Å². The molecule has 7 heteroatoms. The van der Waals surface area contributed by atoms with Crippen molar-refractivity contribution in [3.63, 3.8) is 0 Å². The predicted molar refractivity (Wildman–Crippen MR) is 107 cm³/mol. The van der Waals surface area contributed by atoms with Gasteiger partial charge in [-0.05, 0) is 12.6 Å². The van der Waals surface area contributed by atoms with E-state index >= 15 is 0 Å². The van der Waals surface area contributed by atoms with Gasteiger partial charge in [0.1, 0.15) is 5.82 Å². The van der Waals surface area contributed by atoms with Gasteiger partial charge in [-0.25, -0.2) is 9.78 Å². The molecule has 0 bridgehead atoms. The lowest BCUT2D eigenvalue weighted by atomic mass is 10.1. The number of carboxylic acids is 1. The summed E-state index contributed by atoms with van der Waals surface area (Å²) >= 11 is 0. The molecule has 0 radical (unpaired) electrons. The van der Waals surface area contributed by atoms with E-state index in [2.05, 4.69) is 10.3 Å². The standard InChI is InChI=1S/C19H19N3O2.2ClH/c1-20-12-16-13-22(18(21-16)15-10-6-3-7-11-15)17(19(23)24)14-8-4-2-5-9-14;;/h2-11,13,17,20H,12H2,1H3,(H,23,24);2*1H. The Kier molecular flexibility index (Phi) is 8.32. The van der Waals surface area contributed by atoms with Gasteiger partial charge in [0.25, 0.3) is 0 Å². The molecule has 2 aromatic carbocycles. The number of hydrogen-bond donors (Lipinski definition) is 2. The summed E-state index contributed by atoms with van der Waals surface area (Å²) in [6.07, 6.45) is 1.81. The molecule has 0 aliphatic rings. The fourth-order valence-corrected chi connectivity index (χ4v) is 2.77. The minimum absolute atomic E-state index is 0. The third kappa shape index (κ3) is 4.64. The Morgan fingerprint density at radius 1 is 1.08 bits per heavy atom. The summed E-state index contributed by atoms with van der Waals surface area (Å²) in [4.78, 5) is 16.6. The van der Waals surface area contributed by atoms with Crippen LogP contribution in [-0.4, -0.2) is 27.7 Å². The number of hydrogen-bond acceptors (Lipinski definition) is 3. The zero-order valence-electron chi connectivity index (χ0n) is 14.2. The van der Waals surface area contributed by atoms with Crippen LogP contribution in [0.5, 0.6) is 0 Å². The van der Waals surface area contributed by atoms with Crippen LogP contribution in [0.4, 0.5) is 0 Å². The van der Waals surface area contributed by atoms with Gasteiger partial charge < -0.3 is 15.0 Å². The van der Waals surface area contributed by atoms with E-state index in [-0.39, 0.29) is 24.8 Å². The van der Waals surface area contributed by atoms with E-state index in [1.807, 2.05) is 73.9 Å². The first kappa shape index (κ1) is 21.7. The number of aromatic nitrogens is 2. The van der Waals surface area contributed by atoms with E-state index in [9.17, 15) is 9.90 Å². The second-order valence-corrected chi connectivity index (χ2v) is 5.51. The van der Waals surface area contributed by atoms with Crippen molar-refractivity contribution in [2.45, 2.75) is 12.6 Å². The summed E-state index contributed by atoms with van der Waals surface area (Å²) in [6.45, 7) is 0.577. The number of nitrogens with zero attached hydrogens (tertiary/aromatic N) is 2. The number of imidazole rings is 1. The maximum absolute atomic E-state index is 12.0. The van der Waals surface area contributed by atoms with Gasteiger partial charge in [0.2, 0.25) is 0 Å². The summed E-state index contributed by atoms with van der Waals surface area (Å²) in [5.41, 5.74) is 2.41. The Hall–Kier alpha value is -2.34. The minimum atomic E-state index is -0.910. The van der Waals surface area contributed by atoms with Gasteiger partial charge in [-0.15, -0.1) is 24.8 Å². The summed E-state index contributed by atoms with van der Waals surface area (Å²) in [5, 5.41) is 12.9. The topological polar surface area (TPSA) is 67.2 Å². The molecule has 0 saturated heterocycles. The molecule has 0 saturated carbocycles. The highest BCUT2D eigenvalue weighted by molar-refractivity contribution is 5.85. The zero-order chi connectivity index (χ0) is 16.9. The molecule has 2 N–H and O–H groups in total. The number of halogens is 2. The molecule has 3 rings (SSSR count). The Morgan fingerprint density at radius 2 is 1.65 bits per heavy atom. The van der Waals surface area contributed by atoms with E-state index < -0.39 is 12.0 Å². The van der Waals surface area contributed by atoms with Crippen molar-refractivity contribution in [1.82, 2.24) is 14.9 Å². The second kappa shape index (κ2) is 9.97. The molecule has 1 aromatic heterocycles. The summed E-state index contributed by atoms with van der Waals surface area (Å²) in [5.74, 6) is -0.260. The van der Waals surface area contributed by atoms with Crippen LogP contribution in [0.3, 0.4) is 0 Å². The Labute approximate surface area is 164 Å². The molecule has 138 valence electrons. The molecule has 0 aliphatic carbocycles. The molecule has 0 spiro atoms.